The minimum Gasteiger partial charge on any atom is -0.412 e. The molecular formula is H9O6P. The molecule has 0 saturated carbocycles. The van der Waals surface area contributed by atoms with E-state index < -0.39 is 8.60 Å². The lowest BCUT2D eigenvalue weighted by Crippen LogP contribution is -1.54. The van der Waals surface area contributed by atoms with Crippen LogP contribution in [-0.4, -0.2) is 31.1 Å². The van der Waals surface area contributed by atoms with Gasteiger partial charge in [-0.25, -0.2) is 0 Å². The smallest absolute Gasteiger partial charge is 0.324 e. The van der Waals surface area contributed by atoms with E-state index in [0.717, 1.165) is 0 Å². The van der Waals surface area contributed by atoms with E-state index in [9.17, 15) is 0 Å². The Morgan fingerprint density at radius 1 is 0.714 bits per heavy atom. The fourth-order valence-electron chi connectivity index (χ4n) is 0. The van der Waals surface area contributed by atoms with Gasteiger partial charge in [-0.3, -0.25) is 0 Å². The summed E-state index contributed by atoms with van der Waals surface area (Å²) in [5, 5.41) is 0. The highest BCUT2D eigenvalue weighted by Crippen LogP contribution is 2.11. The average molecular weight is 136 g/mol. The normalized spacial score (nSPS) is 5.14. The van der Waals surface area contributed by atoms with Gasteiger partial charge in [0.25, 0.3) is 0 Å². The second kappa shape index (κ2) is 16.4. The van der Waals surface area contributed by atoms with E-state index in [1.54, 1.807) is 0 Å². The van der Waals surface area contributed by atoms with Crippen LogP contribution in [0.1, 0.15) is 0 Å². The van der Waals surface area contributed by atoms with Crippen LogP contribution in [0.15, 0.2) is 0 Å². The van der Waals surface area contributed by atoms with Crippen LogP contribution >= 0.6 is 8.60 Å². The van der Waals surface area contributed by atoms with Crippen molar-refractivity contribution in [3.63, 3.8) is 0 Å². The molecule has 0 radical (unpaired) electrons. The van der Waals surface area contributed by atoms with Crippen molar-refractivity contribution < 1.29 is 31.1 Å². The first-order chi connectivity index (χ1) is 1.73. The third-order valence-corrected chi connectivity index (χ3v) is 0. The van der Waals surface area contributed by atoms with Gasteiger partial charge in [-0.05, 0) is 0 Å². The van der Waals surface area contributed by atoms with Crippen LogP contribution in [0.4, 0.5) is 0 Å². The highest BCUT2D eigenvalue weighted by molar-refractivity contribution is 7.38. The molecule has 0 fully saturated rings. The average Bonchev–Trinajstić information content (AvgIpc) is 0.811. The maximum atomic E-state index is 7.23. The van der Waals surface area contributed by atoms with Gasteiger partial charge in [-0.1, -0.05) is 0 Å². The summed E-state index contributed by atoms with van der Waals surface area (Å²) in [5.74, 6) is 0. The molecule has 0 saturated heterocycles. The van der Waals surface area contributed by atoms with Crippen LogP contribution in [-0.2, 0) is 0 Å². The summed E-state index contributed by atoms with van der Waals surface area (Å²) in [5.41, 5.74) is 0. The lowest BCUT2D eigenvalue weighted by molar-refractivity contribution is 0.368. The first kappa shape index (κ1) is 27.1. The highest BCUT2D eigenvalue weighted by Gasteiger charge is 1.76. The molecule has 0 bridgehead atoms. The molecule has 0 aromatic carbocycles. The van der Waals surface area contributed by atoms with E-state index in [1.807, 2.05) is 0 Å². The molecule has 6 nitrogen and oxygen atoms in total. The Balaban J connectivity index is -0.0000000150. The Labute approximate surface area is 41.0 Å². The zero-order valence-electron chi connectivity index (χ0n) is 3.29. The van der Waals surface area contributed by atoms with Gasteiger partial charge < -0.3 is 31.1 Å². The van der Waals surface area contributed by atoms with Gasteiger partial charge in [0.15, 0.2) is 0 Å². The molecule has 0 aromatic heterocycles. The van der Waals surface area contributed by atoms with Gasteiger partial charge in [-0.15, -0.1) is 0 Å². The van der Waals surface area contributed by atoms with Crippen LogP contribution in [0.2, 0.25) is 0 Å². The number of hydrogen-bond acceptors (Lipinski definition) is 3. The monoisotopic (exact) mass is 136 g/mol. The quantitative estimate of drug-likeness (QED) is 0.299. The third kappa shape index (κ3) is 3010. The molecule has 0 aromatic rings. The lowest BCUT2D eigenvalue weighted by Gasteiger charge is -1.76. The topological polar surface area (TPSA) is 155 Å². The van der Waals surface area contributed by atoms with Gasteiger partial charge in [-0.2, -0.15) is 0 Å². The van der Waals surface area contributed by atoms with Gasteiger partial charge in [0.1, 0.15) is 0 Å². The highest BCUT2D eigenvalue weighted by atomic mass is 31.2. The molecule has 0 aliphatic rings. The zero-order valence-corrected chi connectivity index (χ0v) is 4.18. The van der Waals surface area contributed by atoms with Crippen LogP contribution < -0.4 is 0 Å². The fraction of sp³-hybridized carbons (Fsp3) is 0. The molecule has 0 unspecified atom stereocenters. The minimum atomic E-state index is -2.62. The van der Waals surface area contributed by atoms with Crippen LogP contribution in [0, 0.1) is 0 Å². The summed E-state index contributed by atoms with van der Waals surface area (Å²) in [6.45, 7) is 0. The van der Waals surface area contributed by atoms with Crippen LogP contribution in [0.25, 0.3) is 0 Å². The first-order valence-corrected chi connectivity index (χ1v) is 1.80. The van der Waals surface area contributed by atoms with Gasteiger partial charge >= 0.3 is 8.60 Å². The maximum absolute atomic E-state index is 7.23. The van der Waals surface area contributed by atoms with Crippen molar-refractivity contribution in [3.05, 3.63) is 0 Å². The Bertz CT molecular complexity index is 8.90. The van der Waals surface area contributed by atoms with E-state index >= 15 is 0 Å². The van der Waals surface area contributed by atoms with E-state index in [4.69, 9.17) is 14.7 Å². The van der Waals surface area contributed by atoms with E-state index in [2.05, 4.69) is 0 Å². The van der Waals surface area contributed by atoms with Gasteiger partial charge in [0.05, 0.1) is 0 Å². The van der Waals surface area contributed by atoms with E-state index in [-0.39, 0.29) is 16.4 Å². The maximum Gasteiger partial charge on any atom is 0.324 e. The Morgan fingerprint density at radius 3 is 0.714 bits per heavy atom. The molecule has 0 spiro atoms. The molecule has 0 heterocycles. The number of rotatable bonds is 0. The van der Waals surface area contributed by atoms with Crippen molar-refractivity contribution in [1.29, 1.82) is 0 Å². The predicted octanol–water partition coefficient (Wildman–Crippen LogP) is -3.28. The Hall–Kier alpha value is 0.190. The van der Waals surface area contributed by atoms with Crippen molar-refractivity contribution in [3.8, 4) is 0 Å². The SMILES string of the molecule is O.O.O.OP(O)O. The second-order valence-corrected chi connectivity index (χ2v) is 0.805. The van der Waals surface area contributed by atoms with Crippen molar-refractivity contribution in [1.82, 2.24) is 0 Å². The lowest BCUT2D eigenvalue weighted by atomic mass is 15.8. The first-order valence-electron chi connectivity index (χ1n) is 0.600. The van der Waals surface area contributed by atoms with Crippen molar-refractivity contribution in [2.45, 2.75) is 0 Å². The second-order valence-electron chi connectivity index (χ2n) is 0.268. The molecule has 7 heteroatoms. The molecule has 0 aliphatic carbocycles. The molecule has 9 N–H and O–H groups in total. The molecule has 0 rings (SSSR count). The van der Waals surface area contributed by atoms with Crippen LogP contribution in [0.5, 0.6) is 0 Å². The molecule has 7 heavy (non-hydrogen) atoms. The Kier molecular flexibility index (Phi) is 63.4. The van der Waals surface area contributed by atoms with Crippen molar-refractivity contribution in [2.24, 2.45) is 0 Å². The van der Waals surface area contributed by atoms with Gasteiger partial charge in [0, 0.05) is 0 Å². The van der Waals surface area contributed by atoms with E-state index in [0.29, 0.717) is 0 Å². The van der Waals surface area contributed by atoms with Crippen molar-refractivity contribution >= 4 is 8.60 Å². The Morgan fingerprint density at radius 2 is 0.714 bits per heavy atom. The fourth-order valence-corrected chi connectivity index (χ4v) is 0. The summed E-state index contributed by atoms with van der Waals surface area (Å²) in [6, 6.07) is 0. The number of hydrogen-bond donors (Lipinski definition) is 3. The zero-order chi connectivity index (χ0) is 3.58. The van der Waals surface area contributed by atoms with Gasteiger partial charge in [0.2, 0.25) is 0 Å². The minimum absolute atomic E-state index is 0. The largest absolute Gasteiger partial charge is 0.412 e. The molecule has 0 atom stereocenters. The summed E-state index contributed by atoms with van der Waals surface area (Å²) in [4.78, 5) is 21.7. The summed E-state index contributed by atoms with van der Waals surface area (Å²) in [7, 11) is -2.62. The third-order valence-electron chi connectivity index (χ3n) is 0. The van der Waals surface area contributed by atoms with E-state index in [1.165, 1.54) is 0 Å². The summed E-state index contributed by atoms with van der Waals surface area (Å²) < 4.78 is 0. The summed E-state index contributed by atoms with van der Waals surface area (Å²) in [6.07, 6.45) is 0. The predicted molar refractivity (Wildman–Crippen MR) is 24.4 cm³/mol. The molecule has 50 valence electrons. The molecule has 0 aliphatic heterocycles. The standard InChI is InChI=1S/H3O3P.3H2O/c1-4(2)3;;;/h1-3H;3*1H2. The van der Waals surface area contributed by atoms with Crippen LogP contribution in [0.3, 0.4) is 0 Å². The summed E-state index contributed by atoms with van der Waals surface area (Å²) >= 11 is 0. The molecular weight excluding hydrogens is 127 g/mol. The van der Waals surface area contributed by atoms with Crippen molar-refractivity contribution in [2.75, 3.05) is 0 Å². The molecule has 0 amide bonds.